The van der Waals surface area contributed by atoms with Crippen molar-refractivity contribution in [3.63, 3.8) is 0 Å². The van der Waals surface area contributed by atoms with Crippen LogP contribution in [0.4, 0.5) is 5.69 Å². The molecular formula is C12H17NO2. The normalized spacial score (nSPS) is 11.1. The number of hydrogen-bond acceptors (Lipinski definition) is 2. The Morgan fingerprint density at radius 2 is 1.73 bits per heavy atom. The molecule has 3 heteroatoms. The van der Waals surface area contributed by atoms with E-state index in [1.165, 1.54) is 0 Å². The van der Waals surface area contributed by atoms with Crippen molar-refractivity contribution in [2.75, 3.05) is 0 Å². The first-order valence-electron chi connectivity index (χ1n) is 5.21. The van der Waals surface area contributed by atoms with E-state index in [0.29, 0.717) is 5.92 Å². The van der Waals surface area contributed by atoms with Gasteiger partial charge in [0, 0.05) is 11.6 Å². The summed E-state index contributed by atoms with van der Waals surface area (Å²) in [6.45, 7) is 8.13. The average Bonchev–Trinajstić information content (AvgIpc) is 2.16. The molecule has 1 aromatic carbocycles. The van der Waals surface area contributed by atoms with Gasteiger partial charge in [-0.05, 0) is 23.5 Å². The monoisotopic (exact) mass is 207 g/mol. The van der Waals surface area contributed by atoms with Crippen molar-refractivity contribution in [1.82, 2.24) is 0 Å². The summed E-state index contributed by atoms with van der Waals surface area (Å²) in [7, 11) is 0. The number of benzene rings is 1. The lowest BCUT2D eigenvalue weighted by Gasteiger charge is -2.11. The van der Waals surface area contributed by atoms with Crippen LogP contribution in [-0.4, -0.2) is 4.92 Å². The predicted octanol–water partition coefficient (Wildman–Crippen LogP) is 3.84. The Morgan fingerprint density at radius 3 is 2.13 bits per heavy atom. The molecule has 0 unspecified atom stereocenters. The van der Waals surface area contributed by atoms with Gasteiger partial charge in [0.25, 0.3) is 5.69 Å². The van der Waals surface area contributed by atoms with Gasteiger partial charge in [-0.1, -0.05) is 33.8 Å². The van der Waals surface area contributed by atoms with Gasteiger partial charge < -0.3 is 0 Å². The van der Waals surface area contributed by atoms with Crippen molar-refractivity contribution in [2.24, 2.45) is 0 Å². The molecule has 0 spiro atoms. The fourth-order valence-corrected chi connectivity index (χ4v) is 1.56. The molecule has 0 N–H and O–H groups in total. The summed E-state index contributed by atoms with van der Waals surface area (Å²) in [5.74, 6) is 0.590. The minimum absolute atomic E-state index is 0.184. The van der Waals surface area contributed by atoms with Crippen LogP contribution in [0, 0.1) is 10.1 Å². The Kier molecular flexibility index (Phi) is 3.45. The molecule has 0 aliphatic heterocycles. The van der Waals surface area contributed by atoms with E-state index in [2.05, 4.69) is 13.8 Å². The maximum Gasteiger partial charge on any atom is 0.272 e. The molecule has 0 aliphatic carbocycles. The molecule has 0 atom stereocenters. The largest absolute Gasteiger partial charge is 0.272 e. The van der Waals surface area contributed by atoms with Gasteiger partial charge in [-0.3, -0.25) is 10.1 Å². The first-order chi connectivity index (χ1) is 6.93. The van der Waals surface area contributed by atoms with Crippen LogP contribution < -0.4 is 0 Å². The van der Waals surface area contributed by atoms with E-state index < -0.39 is 0 Å². The minimum Gasteiger partial charge on any atom is -0.258 e. The van der Waals surface area contributed by atoms with Crippen molar-refractivity contribution in [3.05, 3.63) is 39.4 Å². The van der Waals surface area contributed by atoms with E-state index in [9.17, 15) is 10.1 Å². The fraction of sp³-hybridized carbons (Fsp3) is 0.500. The van der Waals surface area contributed by atoms with Crippen molar-refractivity contribution in [3.8, 4) is 0 Å². The minimum atomic E-state index is -0.306. The number of rotatable bonds is 3. The van der Waals surface area contributed by atoms with Crippen LogP contribution in [0.1, 0.15) is 50.7 Å². The molecule has 0 radical (unpaired) electrons. The third-order valence-corrected chi connectivity index (χ3v) is 2.54. The molecule has 0 fully saturated rings. The molecule has 1 rings (SSSR count). The topological polar surface area (TPSA) is 43.1 Å². The van der Waals surface area contributed by atoms with Crippen LogP contribution in [-0.2, 0) is 0 Å². The maximum atomic E-state index is 10.8. The Balaban J connectivity index is 3.27. The van der Waals surface area contributed by atoms with Gasteiger partial charge in [-0.2, -0.15) is 0 Å². The second-order valence-corrected chi connectivity index (χ2v) is 4.38. The molecule has 15 heavy (non-hydrogen) atoms. The zero-order valence-corrected chi connectivity index (χ0v) is 9.65. The molecule has 0 saturated carbocycles. The standard InChI is InChI=1S/C12H17NO2/c1-8(2)10-5-6-12(13(14)15)11(7-10)9(3)4/h5-9H,1-4H3. The van der Waals surface area contributed by atoms with Gasteiger partial charge in [-0.15, -0.1) is 0 Å². The number of nitro groups is 1. The molecular weight excluding hydrogens is 190 g/mol. The second kappa shape index (κ2) is 4.43. The first kappa shape index (κ1) is 11.7. The van der Waals surface area contributed by atoms with Crippen LogP contribution in [0.25, 0.3) is 0 Å². The fourth-order valence-electron chi connectivity index (χ4n) is 1.56. The average molecular weight is 207 g/mol. The summed E-state index contributed by atoms with van der Waals surface area (Å²) < 4.78 is 0. The molecule has 0 amide bonds. The summed E-state index contributed by atoms with van der Waals surface area (Å²) in [4.78, 5) is 10.5. The summed E-state index contributed by atoms with van der Waals surface area (Å²) in [6.07, 6.45) is 0. The van der Waals surface area contributed by atoms with Gasteiger partial charge in [-0.25, -0.2) is 0 Å². The highest BCUT2D eigenvalue weighted by Crippen LogP contribution is 2.29. The van der Waals surface area contributed by atoms with Gasteiger partial charge >= 0.3 is 0 Å². The predicted molar refractivity (Wildman–Crippen MR) is 61.3 cm³/mol. The van der Waals surface area contributed by atoms with E-state index in [4.69, 9.17) is 0 Å². The summed E-state index contributed by atoms with van der Waals surface area (Å²) in [5.41, 5.74) is 2.21. The third-order valence-electron chi connectivity index (χ3n) is 2.54. The van der Waals surface area contributed by atoms with Crippen LogP contribution in [0.2, 0.25) is 0 Å². The molecule has 0 heterocycles. The zero-order valence-electron chi connectivity index (χ0n) is 9.65. The van der Waals surface area contributed by atoms with Gasteiger partial charge in [0.05, 0.1) is 4.92 Å². The summed E-state index contributed by atoms with van der Waals surface area (Å²) >= 11 is 0. The molecule has 0 aromatic heterocycles. The highest BCUT2D eigenvalue weighted by Gasteiger charge is 2.17. The van der Waals surface area contributed by atoms with Crippen LogP contribution in [0.5, 0.6) is 0 Å². The molecule has 1 aromatic rings. The Labute approximate surface area is 90.3 Å². The van der Waals surface area contributed by atoms with Crippen molar-refractivity contribution >= 4 is 5.69 Å². The Bertz CT molecular complexity index is 370. The first-order valence-corrected chi connectivity index (χ1v) is 5.21. The van der Waals surface area contributed by atoms with E-state index in [1.54, 1.807) is 6.07 Å². The van der Waals surface area contributed by atoms with E-state index in [1.807, 2.05) is 26.0 Å². The quantitative estimate of drug-likeness (QED) is 0.558. The number of nitro benzene ring substituents is 1. The highest BCUT2D eigenvalue weighted by atomic mass is 16.6. The van der Waals surface area contributed by atoms with Crippen LogP contribution in [0.15, 0.2) is 18.2 Å². The Hall–Kier alpha value is -1.38. The van der Waals surface area contributed by atoms with Crippen molar-refractivity contribution in [1.29, 1.82) is 0 Å². The smallest absolute Gasteiger partial charge is 0.258 e. The number of hydrogen-bond donors (Lipinski definition) is 0. The summed E-state index contributed by atoms with van der Waals surface area (Å²) in [5, 5.41) is 10.8. The van der Waals surface area contributed by atoms with Gasteiger partial charge in [0.2, 0.25) is 0 Å². The van der Waals surface area contributed by atoms with E-state index >= 15 is 0 Å². The van der Waals surface area contributed by atoms with E-state index in [-0.39, 0.29) is 16.5 Å². The molecule has 3 nitrogen and oxygen atoms in total. The molecule has 82 valence electrons. The third kappa shape index (κ3) is 2.55. The van der Waals surface area contributed by atoms with Crippen LogP contribution >= 0.6 is 0 Å². The molecule has 0 bridgehead atoms. The Morgan fingerprint density at radius 1 is 1.13 bits per heavy atom. The maximum absolute atomic E-state index is 10.8. The van der Waals surface area contributed by atoms with Crippen LogP contribution in [0.3, 0.4) is 0 Å². The lowest BCUT2D eigenvalue weighted by atomic mass is 9.94. The second-order valence-electron chi connectivity index (χ2n) is 4.38. The number of nitrogens with zero attached hydrogens (tertiary/aromatic N) is 1. The molecule has 0 aliphatic rings. The SMILES string of the molecule is CC(C)c1ccc([N+](=O)[O-])c(C(C)C)c1. The van der Waals surface area contributed by atoms with Crippen molar-refractivity contribution in [2.45, 2.75) is 39.5 Å². The van der Waals surface area contributed by atoms with Crippen molar-refractivity contribution < 1.29 is 4.92 Å². The lowest BCUT2D eigenvalue weighted by Crippen LogP contribution is -1.99. The molecule has 0 saturated heterocycles. The highest BCUT2D eigenvalue weighted by molar-refractivity contribution is 5.45. The van der Waals surface area contributed by atoms with E-state index in [0.717, 1.165) is 11.1 Å². The lowest BCUT2D eigenvalue weighted by molar-refractivity contribution is -0.385. The van der Waals surface area contributed by atoms with Gasteiger partial charge in [0.1, 0.15) is 0 Å². The van der Waals surface area contributed by atoms with Gasteiger partial charge in [0.15, 0.2) is 0 Å². The summed E-state index contributed by atoms with van der Waals surface area (Å²) in [6, 6.07) is 5.41. The zero-order chi connectivity index (χ0) is 11.6.